The lowest BCUT2D eigenvalue weighted by Gasteiger charge is -2.31. The number of nitrogens with one attached hydrogen (secondary N) is 1. The van der Waals surface area contributed by atoms with Gasteiger partial charge in [0.2, 0.25) is 0 Å². The fraction of sp³-hybridized carbons (Fsp3) is 0.500. The molecular formula is C18H21F3N4. The van der Waals surface area contributed by atoms with E-state index in [1.54, 1.807) is 6.20 Å². The number of alkyl halides is 3. The number of aromatic nitrogens is 3. The molecule has 2 unspecified atom stereocenters. The van der Waals surface area contributed by atoms with Crippen LogP contribution in [-0.4, -0.2) is 27.2 Å². The van der Waals surface area contributed by atoms with E-state index in [1.807, 2.05) is 31.2 Å². The summed E-state index contributed by atoms with van der Waals surface area (Å²) in [5.41, 5.74) is 1.49. The highest BCUT2D eigenvalue weighted by atomic mass is 19.4. The van der Waals surface area contributed by atoms with Gasteiger partial charge in [0, 0.05) is 24.0 Å². The second-order valence-corrected chi connectivity index (χ2v) is 6.38. The van der Waals surface area contributed by atoms with Gasteiger partial charge in [-0.1, -0.05) is 19.4 Å². The fourth-order valence-electron chi connectivity index (χ4n) is 3.19. The topological polar surface area (TPSA) is 50.7 Å². The molecule has 2 atom stereocenters. The van der Waals surface area contributed by atoms with E-state index in [0.29, 0.717) is 30.2 Å². The van der Waals surface area contributed by atoms with Gasteiger partial charge >= 0.3 is 6.18 Å². The Morgan fingerprint density at radius 2 is 2.04 bits per heavy atom. The molecule has 0 saturated heterocycles. The number of hydrogen-bond acceptors (Lipinski definition) is 4. The van der Waals surface area contributed by atoms with Crippen LogP contribution in [0, 0.1) is 5.92 Å². The third-order valence-electron chi connectivity index (χ3n) is 4.52. The van der Waals surface area contributed by atoms with Gasteiger partial charge in [-0.15, -0.1) is 0 Å². The Morgan fingerprint density at radius 3 is 2.72 bits per heavy atom. The molecule has 1 aliphatic carbocycles. The Bertz CT molecular complexity index is 703. The molecule has 4 nitrogen and oxygen atoms in total. The average Bonchev–Trinajstić information content (AvgIpc) is 2.61. The van der Waals surface area contributed by atoms with E-state index >= 15 is 0 Å². The summed E-state index contributed by atoms with van der Waals surface area (Å²) in [7, 11) is 0. The summed E-state index contributed by atoms with van der Waals surface area (Å²) < 4.78 is 39.0. The predicted molar refractivity (Wildman–Crippen MR) is 90.1 cm³/mol. The van der Waals surface area contributed by atoms with Crippen molar-refractivity contribution in [2.45, 2.75) is 51.2 Å². The van der Waals surface area contributed by atoms with E-state index in [2.05, 4.69) is 20.3 Å². The number of pyridine rings is 1. The van der Waals surface area contributed by atoms with Crippen molar-refractivity contribution in [3.63, 3.8) is 0 Å². The summed E-state index contributed by atoms with van der Waals surface area (Å²) in [5, 5.41) is 3.19. The molecule has 0 radical (unpaired) electrons. The second-order valence-electron chi connectivity index (χ2n) is 6.38. The van der Waals surface area contributed by atoms with Gasteiger partial charge in [0.25, 0.3) is 0 Å². The SMILES string of the molecule is CCc1cc(NC2CCCC(C(F)(F)F)C2)nc(-c2ccccn2)n1. The van der Waals surface area contributed by atoms with E-state index in [4.69, 9.17) is 0 Å². The Kier molecular flexibility index (Phi) is 5.20. The zero-order chi connectivity index (χ0) is 17.9. The van der Waals surface area contributed by atoms with Crippen LogP contribution in [0.2, 0.25) is 0 Å². The summed E-state index contributed by atoms with van der Waals surface area (Å²) in [6, 6.07) is 7.07. The van der Waals surface area contributed by atoms with Crippen molar-refractivity contribution in [2.75, 3.05) is 5.32 Å². The number of hydrogen-bond donors (Lipinski definition) is 1. The molecule has 1 N–H and O–H groups in total. The number of rotatable bonds is 4. The van der Waals surface area contributed by atoms with Crippen molar-refractivity contribution in [3.05, 3.63) is 36.2 Å². The van der Waals surface area contributed by atoms with Crippen LogP contribution in [0.1, 0.15) is 38.3 Å². The quantitative estimate of drug-likeness (QED) is 0.873. The standard InChI is InChI=1S/C18H21F3N4/c1-2-13-11-16(25-17(24-13)15-8-3-4-9-22-15)23-14-7-5-6-12(10-14)18(19,20)21/h3-4,8-9,11-12,14H,2,5-7,10H2,1H3,(H,23,24,25). The summed E-state index contributed by atoms with van der Waals surface area (Å²) in [5.74, 6) is -0.174. The minimum Gasteiger partial charge on any atom is -0.367 e. The summed E-state index contributed by atoms with van der Waals surface area (Å²) in [6.45, 7) is 1.98. The van der Waals surface area contributed by atoms with Crippen LogP contribution >= 0.6 is 0 Å². The van der Waals surface area contributed by atoms with Crippen LogP contribution in [-0.2, 0) is 6.42 Å². The molecule has 1 fully saturated rings. The van der Waals surface area contributed by atoms with Crippen molar-refractivity contribution < 1.29 is 13.2 Å². The van der Waals surface area contributed by atoms with Gasteiger partial charge in [0.05, 0.1) is 5.92 Å². The van der Waals surface area contributed by atoms with Crippen LogP contribution in [0.4, 0.5) is 19.0 Å². The molecule has 0 aliphatic heterocycles. The van der Waals surface area contributed by atoms with Gasteiger partial charge in [-0.25, -0.2) is 9.97 Å². The van der Waals surface area contributed by atoms with Crippen LogP contribution in [0.3, 0.4) is 0 Å². The minimum absolute atomic E-state index is 0.0912. The molecule has 1 saturated carbocycles. The predicted octanol–water partition coefficient (Wildman–Crippen LogP) is 4.63. The molecule has 7 heteroatoms. The Hall–Kier alpha value is -2.18. The summed E-state index contributed by atoms with van der Waals surface area (Å²) in [4.78, 5) is 13.2. The lowest BCUT2D eigenvalue weighted by molar-refractivity contribution is -0.182. The molecule has 0 aromatic carbocycles. The largest absolute Gasteiger partial charge is 0.391 e. The maximum Gasteiger partial charge on any atom is 0.391 e. The molecule has 1 aliphatic rings. The van der Waals surface area contributed by atoms with E-state index < -0.39 is 12.1 Å². The first-order valence-electron chi connectivity index (χ1n) is 8.58. The molecule has 134 valence electrons. The molecule has 2 heterocycles. The highest BCUT2D eigenvalue weighted by Crippen LogP contribution is 2.38. The maximum atomic E-state index is 13.0. The van der Waals surface area contributed by atoms with Crippen molar-refractivity contribution >= 4 is 5.82 Å². The van der Waals surface area contributed by atoms with E-state index in [9.17, 15) is 13.2 Å². The Balaban J connectivity index is 1.80. The monoisotopic (exact) mass is 350 g/mol. The summed E-state index contributed by atoms with van der Waals surface area (Å²) in [6.07, 6.45) is -0.150. The fourth-order valence-corrected chi connectivity index (χ4v) is 3.19. The second kappa shape index (κ2) is 7.37. The molecule has 0 amide bonds. The van der Waals surface area contributed by atoms with Crippen LogP contribution in [0.5, 0.6) is 0 Å². The van der Waals surface area contributed by atoms with Crippen molar-refractivity contribution in [2.24, 2.45) is 5.92 Å². The van der Waals surface area contributed by atoms with Crippen molar-refractivity contribution in [3.8, 4) is 11.5 Å². The van der Waals surface area contributed by atoms with Gasteiger partial charge < -0.3 is 5.32 Å². The van der Waals surface area contributed by atoms with E-state index in [1.165, 1.54) is 0 Å². The molecule has 2 aromatic heterocycles. The van der Waals surface area contributed by atoms with Crippen molar-refractivity contribution in [1.29, 1.82) is 0 Å². The number of aryl methyl sites for hydroxylation is 1. The third kappa shape index (κ3) is 4.46. The van der Waals surface area contributed by atoms with Gasteiger partial charge in [-0.2, -0.15) is 13.2 Å². The third-order valence-corrected chi connectivity index (χ3v) is 4.52. The Labute approximate surface area is 144 Å². The normalized spacial score (nSPS) is 21.1. The lowest BCUT2D eigenvalue weighted by Crippen LogP contribution is -2.34. The highest BCUT2D eigenvalue weighted by molar-refractivity contribution is 5.53. The van der Waals surface area contributed by atoms with E-state index in [0.717, 1.165) is 12.1 Å². The van der Waals surface area contributed by atoms with Crippen LogP contribution in [0.25, 0.3) is 11.5 Å². The molecule has 0 bridgehead atoms. The molecule has 0 spiro atoms. The van der Waals surface area contributed by atoms with Gasteiger partial charge in [0.15, 0.2) is 5.82 Å². The zero-order valence-electron chi connectivity index (χ0n) is 14.1. The smallest absolute Gasteiger partial charge is 0.367 e. The first-order valence-corrected chi connectivity index (χ1v) is 8.58. The summed E-state index contributed by atoms with van der Waals surface area (Å²) >= 11 is 0. The lowest BCUT2D eigenvalue weighted by atomic mass is 9.85. The molecule has 25 heavy (non-hydrogen) atoms. The van der Waals surface area contributed by atoms with Crippen LogP contribution in [0.15, 0.2) is 30.5 Å². The number of halogens is 3. The van der Waals surface area contributed by atoms with Gasteiger partial charge in [0.1, 0.15) is 11.5 Å². The minimum atomic E-state index is -4.13. The van der Waals surface area contributed by atoms with Gasteiger partial charge in [-0.3, -0.25) is 4.98 Å². The molecule has 2 aromatic rings. The zero-order valence-corrected chi connectivity index (χ0v) is 14.1. The molecule has 3 rings (SSSR count). The maximum absolute atomic E-state index is 13.0. The number of anilines is 1. The average molecular weight is 350 g/mol. The number of nitrogens with zero attached hydrogens (tertiary/aromatic N) is 3. The Morgan fingerprint density at radius 1 is 1.20 bits per heavy atom. The van der Waals surface area contributed by atoms with Crippen LogP contribution < -0.4 is 5.32 Å². The van der Waals surface area contributed by atoms with Gasteiger partial charge in [-0.05, 0) is 37.8 Å². The molecular weight excluding hydrogens is 329 g/mol. The van der Waals surface area contributed by atoms with Crippen molar-refractivity contribution in [1.82, 2.24) is 15.0 Å². The first-order chi connectivity index (χ1) is 12.0. The van der Waals surface area contributed by atoms with E-state index in [-0.39, 0.29) is 18.9 Å². The highest BCUT2D eigenvalue weighted by Gasteiger charge is 2.42. The first kappa shape index (κ1) is 17.6.